The Hall–Kier alpha value is -1.36. The molecular formula is C13H16N2O3. The first-order valence-corrected chi connectivity index (χ1v) is 6.63. The maximum absolute atomic E-state index is 12.6. The van der Waals surface area contributed by atoms with E-state index in [-0.39, 0.29) is 11.4 Å². The molecule has 1 saturated heterocycles. The molecule has 0 radical (unpaired) electrons. The third kappa shape index (κ3) is 1.50. The number of carbonyl (C=O) groups is 1. The highest BCUT2D eigenvalue weighted by Gasteiger charge is 2.53. The van der Waals surface area contributed by atoms with Crippen molar-refractivity contribution in [2.75, 3.05) is 19.8 Å². The Morgan fingerprint density at radius 1 is 1.44 bits per heavy atom. The van der Waals surface area contributed by atoms with Crippen molar-refractivity contribution in [3.8, 4) is 0 Å². The molecule has 1 aliphatic heterocycles. The molecule has 4 rings (SSSR count). The van der Waals surface area contributed by atoms with Crippen LogP contribution in [-0.4, -0.2) is 41.1 Å². The summed E-state index contributed by atoms with van der Waals surface area (Å²) in [6.07, 6.45) is 5.74. The van der Waals surface area contributed by atoms with Gasteiger partial charge < -0.3 is 14.1 Å². The lowest BCUT2D eigenvalue weighted by molar-refractivity contribution is -0.0121. The molecule has 18 heavy (non-hydrogen) atoms. The quantitative estimate of drug-likeness (QED) is 0.797. The lowest BCUT2D eigenvalue weighted by atomic mass is 10.1. The molecule has 5 nitrogen and oxygen atoms in total. The molecule has 3 fully saturated rings. The van der Waals surface area contributed by atoms with E-state index in [4.69, 9.17) is 9.15 Å². The van der Waals surface area contributed by atoms with Crippen molar-refractivity contribution in [1.82, 2.24) is 9.88 Å². The van der Waals surface area contributed by atoms with Gasteiger partial charge in [-0.2, -0.15) is 0 Å². The van der Waals surface area contributed by atoms with Crippen LogP contribution in [0.3, 0.4) is 0 Å². The van der Waals surface area contributed by atoms with E-state index in [2.05, 4.69) is 4.98 Å². The maximum atomic E-state index is 12.6. The monoisotopic (exact) mass is 248 g/mol. The molecule has 1 amide bonds. The van der Waals surface area contributed by atoms with Crippen LogP contribution in [0.25, 0.3) is 0 Å². The molecule has 1 aromatic rings. The van der Waals surface area contributed by atoms with Gasteiger partial charge in [-0.1, -0.05) is 0 Å². The Morgan fingerprint density at radius 3 is 3.00 bits per heavy atom. The number of ether oxygens (including phenoxy) is 1. The molecule has 0 aromatic carbocycles. The smallest absolute Gasteiger partial charge is 0.276 e. The number of amides is 1. The molecule has 3 aliphatic rings. The lowest BCUT2D eigenvalue weighted by Gasteiger charge is -2.35. The summed E-state index contributed by atoms with van der Waals surface area (Å²) in [7, 11) is 0. The summed E-state index contributed by atoms with van der Waals surface area (Å²) in [5.41, 5.74) is 0.500. The third-order valence-corrected chi connectivity index (χ3v) is 4.22. The van der Waals surface area contributed by atoms with E-state index in [0.717, 1.165) is 31.4 Å². The van der Waals surface area contributed by atoms with Crippen molar-refractivity contribution in [3.63, 3.8) is 0 Å². The molecule has 2 aliphatic carbocycles. The van der Waals surface area contributed by atoms with E-state index in [1.807, 2.05) is 4.90 Å². The molecule has 0 unspecified atom stereocenters. The molecule has 1 spiro atoms. The van der Waals surface area contributed by atoms with Crippen LogP contribution >= 0.6 is 0 Å². The van der Waals surface area contributed by atoms with Crippen molar-refractivity contribution >= 4 is 5.91 Å². The summed E-state index contributed by atoms with van der Waals surface area (Å²) >= 11 is 0. The van der Waals surface area contributed by atoms with E-state index in [1.165, 1.54) is 6.39 Å². The summed E-state index contributed by atoms with van der Waals surface area (Å²) in [4.78, 5) is 18.7. The van der Waals surface area contributed by atoms with E-state index >= 15 is 0 Å². The Morgan fingerprint density at radius 2 is 2.28 bits per heavy atom. The Bertz CT molecular complexity index is 488. The third-order valence-electron chi connectivity index (χ3n) is 4.22. The maximum Gasteiger partial charge on any atom is 0.276 e. The summed E-state index contributed by atoms with van der Waals surface area (Å²) in [6.45, 7) is 1.98. The molecular weight excluding hydrogens is 232 g/mol. The zero-order valence-corrected chi connectivity index (χ0v) is 10.2. The molecule has 0 atom stereocenters. The number of carbonyl (C=O) groups excluding carboxylic acids is 1. The van der Waals surface area contributed by atoms with Crippen molar-refractivity contribution in [2.45, 2.75) is 37.1 Å². The number of aromatic nitrogens is 1. The lowest BCUT2D eigenvalue weighted by Crippen LogP contribution is -2.50. The van der Waals surface area contributed by atoms with Crippen molar-refractivity contribution in [2.24, 2.45) is 0 Å². The van der Waals surface area contributed by atoms with E-state index in [9.17, 15) is 4.79 Å². The largest absolute Gasteiger partial charge is 0.447 e. The summed E-state index contributed by atoms with van der Waals surface area (Å²) in [6, 6.07) is 0. The molecule has 2 saturated carbocycles. The highest BCUT2D eigenvalue weighted by molar-refractivity contribution is 5.94. The number of oxazole rings is 1. The fourth-order valence-corrected chi connectivity index (χ4v) is 2.79. The highest BCUT2D eigenvalue weighted by Crippen LogP contribution is 2.46. The molecule has 0 N–H and O–H groups in total. The van der Waals surface area contributed by atoms with Gasteiger partial charge >= 0.3 is 0 Å². The van der Waals surface area contributed by atoms with Crippen molar-refractivity contribution < 1.29 is 13.9 Å². The fraction of sp³-hybridized carbons (Fsp3) is 0.692. The predicted octanol–water partition coefficient (Wildman–Crippen LogP) is 1.56. The van der Waals surface area contributed by atoms with Gasteiger partial charge in [0.15, 0.2) is 12.1 Å². The molecule has 5 heteroatoms. The SMILES string of the molecule is O=C(c1ncoc1C1CC1)N1CCOCC12CC2. The van der Waals surface area contributed by atoms with Crippen LogP contribution in [-0.2, 0) is 4.74 Å². The number of morpholine rings is 1. The van der Waals surface area contributed by atoms with Gasteiger partial charge in [-0.3, -0.25) is 4.79 Å². The number of rotatable bonds is 2. The summed E-state index contributed by atoms with van der Waals surface area (Å²) in [5.74, 6) is 1.25. The minimum Gasteiger partial charge on any atom is -0.447 e. The van der Waals surface area contributed by atoms with E-state index in [0.29, 0.717) is 31.4 Å². The van der Waals surface area contributed by atoms with Gasteiger partial charge in [-0.15, -0.1) is 0 Å². The zero-order valence-electron chi connectivity index (χ0n) is 10.2. The zero-order chi connectivity index (χ0) is 12.2. The second-order valence-electron chi connectivity index (χ2n) is 5.57. The van der Waals surface area contributed by atoms with Crippen molar-refractivity contribution in [3.05, 3.63) is 17.8 Å². The molecule has 96 valence electrons. The van der Waals surface area contributed by atoms with Crippen LogP contribution in [0.15, 0.2) is 10.8 Å². The van der Waals surface area contributed by atoms with Crippen LogP contribution in [0, 0.1) is 0 Å². The Labute approximate surface area is 105 Å². The van der Waals surface area contributed by atoms with Gasteiger partial charge in [0.2, 0.25) is 0 Å². The number of hydrogen-bond acceptors (Lipinski definition) is 4. The molecule has 1 aromatic heterocycles. The minimum absolute atomic E-state index is 0.0326. The second kappa shape index (κ2) is 3.57. The predicted molar refractivity (Wildman–Crippen MR) is 62.3 cm³/mol. The summed E-state index contributed by atoms with van der Waals surface area (Å²) in [5, 5.41) is 0. The first kappa shape index (κ1) is 10.6. The average molecular weight is 248 g/mol. The number of nitrogens with zero attached hydrogens (tertiary/aromatic N) is 2. The molecule has 2 heterocycles. The normalized spacial score (nSPS) is 25.4. The van der Waals surface area contributed by atoms with Crippen LogP contribution in [0.2, 0.25) is 0 Å². The average Bonchev–Trinajstić information content (AvgIpc) is 3.32. The van der Waals surface area contributed by atoms with Gasteiger partial charge in [0.25, 0.3) is 5.91 Å². The highest BCUT2D eigenvalue weighted by atomic mass is 16.5. The Kier molecular flexibility index (Phi) is 2.09. The van der Waals surface area contributed by atoms with E-state index < -0.39 is 0 Å². The Balaban J connectivity index is 1.63. The van der Waals surface area contributed by atoms with Crippen LogP contribution in [0.4, 0.5) is 0 Å². The van der Waals surface area contributed by atoms with Crippen molar-refractivity contribution in [1.29, 1.82) is 0 Å². The standard InChI is InChI=1S/C13H16N2O3/c16-12(10-11(9-1-2-9)18-8-14-10)15-5-6-17-7-13(15)3-4-13/h8-9H,1-7H2. The first-order chi connectivity index (χ1) is 8.80. The van der Waals surface area contributed by atoms with Crippen LogP contribution < -0.4 is 0 Å². The van der Waals surface area contributed by atoms with Gasteiger partial charge in [0, 0.05) is 12.5 Å². The topological polar surface area (TPSA) is 55.6 Å². The number of hydrogen-bond donors (Lipinski definition) is 0. The van der Waals surface area contributed by atoms with Gasteiger partial charge in [0.1, 0.15) is 5.76 Å². The van der Waals surface area contributed by atoms with Gasteiger partial charge in [-0.05, 0) is 25.7 Å². The van der Waals surface area contributed by atoms with Crippen LogP contribution in [0.1, 0.15) is 47.8 Å². The van der Waals surface area contributed by atoms with Crippen LogP contribution in [0.5, 0.6) is 0 Å². The second-order valence-corrected chi connectivity index (χ2v) is 5.57. The molecule has 0 bridgehead atoms. The van der Waals surface area contributed by atoms with E-state index in [1.54, 1.807) is 0 Å². The van der Waals surface area contributed by atoms with Gasteiger partial charge in [0.05, 0.1) is 18.8 Å². The fourth-order valence-electron chi connectivity index (χ4n) is 2.79. The minimum atomic E-state index is -0.0326. The van der Waals surface area contributed by atoms with Gasteiger partial charge in [-0.25, -0.2) is 4.98 Å². The summed E-state index contributed by atoms with van der Waals surface area (Å²) < 4.78 is 10.9. The first-order valence-electron chi connectivity index (χ1n) is 6.63.